The smallest absolute Gasteiger partial charge is 0.251 e. The lowest BCUT2D eigenvalue weighted by Gasteiger charge is -2.08. The predicted molar refractivity (Wildman–Crippen MR) is 103 cm³/mol. The van der Waals surface area contributed by atoms with Crippen LogP contribution in [0.3, 0.4) is 0 Å². The first-order valence-corrected chi connectivity index (χ1v) is 8.26. The number of nitrogens with one attached hydrogen (secondary N) is 1. The highest BCUT2D eigenvalue weighted by atomic mass is 35.5. The standard InChI is InChI=1S/C20H26N2O.ClH/c1-15(2)18-9-5-16(6-10-18)4-3-13-22-20(23)19-11-7-17(14-21)8-12-19;/h5-12,15H,3-4,13-14,21H2,1-2H3,(H,22,23);1H. The van der Waals surface area contributed by atoms with Crippen LogP contribution in [-0.4, -0.2) is 12.5 Å². The van der Waals surface area contributed by atoms with E-state index in [1.54, 1.807) is 0 Å². The van der Waals surface area contributed by atoms with Crippen molar-refractivity contribution >= 4 is 18.3 Å². The SMILES string of the molecule is CC(C)c1ccc(CCCNC(=O)c2ccc(CN)cc2)cc1.Cl. The van der Waals surface area contributed by atoms with Crippen LogP contribution in [0.15, 0.2) is 48.5 Å². The summed E-state index contributed by atoms with van der Waals surface area (Å²) >= 11 is 0. The minimum atomic E-state index is -0.0243. The van der Waals surface area contributed by atoms with Gasteiger partial charge in [-0.1, -0.05) is 50.2 Å². The minimum Gasteiger partial charge on any atom is -0.352 e. The van der Waals surface area contributed by atoms with Crippen LogP contribution in [0, 0.1) is 0 Å². The highest BCUT2D eigenvalue weighted by Crippen LogP contribution is 2.15. The molecule has 0 aliphatic heterocycles. The van der Waals surface area contributed by atoms with Crippen LogP contribution in [0.5, 0.6) is 0 Å². The maximum Gasteiger partial charge on any atom is 0.251 e. The van der Waals surface area contributed by atoms with Crippen molar-refractivity contribution in [3.63, 3.8) is 0 Å². The Labute approximate surface area is 151 Å². The van der Waals surface area contributed by atoms with Crippen LogP contribution < -0.4 is 11.1 Å². The molecule has 24 heavy (non-hydrogen) atoms. The topological polar surface area (TPSA) is 55.1 Å². The van der Waals surface area contributed by atoms with Crippen molar-refractivity contribution in [2.24, 2.45) is 5.73 Å². The third kappa shape index (κ3) is 5.99. The number of hydrogen-bond donors (Lipinski definition) is 2. The molecule has 0 atom stereocenters. The number of carbonyl (C=O) groups excluding carboxylic acids is 1. The molecular weight excluding hydrogens is 320 g/mol. The van der Waals surface area contributed by atoms with Crippen molar-refractivity contribution in [3.05, 3.63) is 70.8 Å². The number of nitrogens with two attached hydrogens (primary N) is 1. The van der Waals surface area contributed by atoms with Gasteiger partial charge in [0.05, 0.1) is 0 Å². The predicted octanol–water partition coefficient (Wildman–Crippen LogP) is 4.05. The van der Waals surface area contributed by atoms with E-state index in [1.165, 1.54) is 11.1 Å². The summed E-state index contributed by atoms with van der Waals surface area (Å²) in [6.07, 6.45) is 1.92. The summed E-state index contributed by atoms with van der Waals surface area (Å²) in [5.41, 5.74) is 9.95. The van der Waals surface area contributed by atoms with Gasteiger partial charge in [-0.05, 0) is 47.6 Å². The Morgan fingerprint density at radius 1 is 1.00 bits per heavy atom. The number of carbonyl (C=O) groups is 1. The van der Waals surface area contributed by atoms with E-state index < -0.39 is 0 Å². The fourth-order valence-corrected chi connectivity index (χ4v) is 2.46. The molecule has 2 aromatic rings. The number of benzene rings is 2. The van der Waals surface area contributed by atoms with E-state index in [4.69, 9.17) is 5.73 Å². The van der Waals surface area contributed by atoms with Crippen LogP contribution in [0.1, 0.15) is 53.2 Å². The van der Waals surface area contributed by atoms with Crippen molar-refractivity contribution < 1.29 is 4.79 Å². The Balaban J connectivity index is 0.00000288. The van der Waals surface area contributed by atoms with Gasteiger partial charge in [0.25, 0.3) is 5.91 Å². The molecule has 0 aliphatic rings. The fraction of sp³-hybridized carbons (Fsp3) is 0.350. The summed E-state index contributed by atoms with van der Waals surface area (Å²) < 4.78 is 0. The van der Waals surface area contributed by atoms with E-state index in [9.17, 15) is 4.79 Å². The molecule has 0 bridgehead atoms. The summed E-state index contributed by atoms with van der Waals surface area (Å²) in [5, 5.41) is 2.97. The molecule has 3 nitrogen and oxygen atoms in total. The van der Waals surface area contributed by atoms with Crippen molar-refractivity contribution in [1.82, 2.24) is 5.32 Å². The van der Waals surface area contributed by atoms with E-state index in [2.05, 4.69) is 43.4 Å². The van der Waals surface area contributed by atoms with E-state index in [0.29, 0.717) is 24.6 Å². The van der Waals surface area contributed by atoms with E-state index >= 15 is 0 Å². The first kappa shape index (κ1) is 20.2. The zero-order valence-electron chi connectivity index (χ0n) is 14.4. The van der Waals surface area contributed by atoms with Gasteiger partial charge in [0.15, 0.2) is 0 Å². The van der Waals surface area contributed by atoms with Gasteiger partial charge in [-0.15, -0.1) is 12.4 Å². The zero-order valence-corrected chi connectivity index (χ0v) is 15.2. The van der Waals surface area contributed by atoms with Crippen molar-refractivity contribution in [2.75, 3.05) is 6.54 Å². The van der Waals surface area contributed by atoms with Gasteiger partial charge in [-0.2, -0.15) is 0 Å². The van der Waals surface area contributed by atoms with Gasteiger partial charge < -0.3 is 11.1 Å². The van der Waals surface area contributed by atoms with Gasteiger partial charge in [-0.25, -0.2) is 0 Å². The molecule has 1 amide bonds. The molecule has 130 valence electrons. The molecule has 3 N–H and O–H groups in total. The molecule has 0 unspecified atom stereocenters. The molecule has 0 aromatic heterocycles. The van der Waals surface area contributed by atoms with Gasteiger partial charge >= 0.3 is 0 Å². The molecule has 2 rings (SSSR count). The Hall–Kier alpha value is -1.84. The third-order valence-electron chi connectivity index (χ3n) is 4.03. The second-order valence-corrected chi connectivity index (χ2v) is 6.16. The molecule has 2 aromatic carbocycles. The number of halogens is 1. The van der Waals surface area contributed by atoms with Crippen LogP contribution in [0.4, 0.5) is 0 Å². The third-order valence-corrected chi connectivity index (χ3v) is 4.03. The second kappa shape index (κ2) is 10.1. The number of amides is 1. The molecular formula is C20H27ClN2O. The van der Waals surface area contributed by atoms with E-state index in [1.807, 2.05) is 24.3 Å². The summed E-state index contributed by atoms with van der Waals surface area (Å²) in [7, 11) is 0. The summed E-state index contributed by atoms with van der Waals surface area (Å²) in [5.74, 6) is 0.540. The second-order valence-electron chi connectivity index (χ2n) is 6.16. The molecule has 4 heteroatoms. The number of hydrogen-bond acceptors (Lipinski definition) is 2. The molecule has 0 saturated heterocycles. The van der Waals surface area contributed by atoms with Crippen LogP contribution in [0.25, 0.3) is 0 Å². The molecule has 0 spiro atoms. The summed E-state index contributed by atoms with van der Waals surface area (Å²) in [4.78, 5) is 12.0. The number of aryl methyl sites for hydroxylation is 1. The highest BCUT2D eigenvalue weighted by molar-refractivity contribution is 5.94. The molecule has 0 heterocycles. The van der Waals surface area contributed by atoms with Crippen molar-refractivity contribution in [1.29, 1.82) is 0 Å². The Bertz CT molecular complexity index is 621. The molecule has 0 aliphatic carbocycles. The van der Waals surface area contributed by atoms with Gasteiger partial charge in [0.1, 0.15) is 0 Å². The maximum atomic E-state index is 12.0. The Morgan fingerprint density at radius 3 is 2.12 bits per heavy atom. The highest BCUT2D eigenvalue weighted by Gasteiger charge is 2.04. The average molecular weight is 347 g/mol. The van der Waals surface area contributed by atoms with Crippen LogP contribution in [0.2, 0.25) is 0 Å². The molecule has 0 saturated carbocycles. The first-order chi connectivity index (χ1) is 11.1. The van der Waals surface area contributed by atoms with Crippen molar-refractivity contribution in [2.45, 2.75) is 39.2 Å². The lowest BCUT2D eigenvalue weighted by molar-refractivity contribution is 0.0953. The number of rotatable bonds is 7. The fourth-order valence-electron chi connectivity index (χ4n) is 2.46. The lowest BCUT2D eigenvalue weighted by Crippen LogP contribution is -2.24. The maximum absolute atomic E-state index is 12.0. The average Bonchev–Trinajstić information content (AvgIpc) is 2.59. The molecule has 0 fully saturated rings. The van der Waals surface area contributed by atoms with Crippen LogP contribution in [-0.2, 0) is 13.0 Å². The first-order valence-electron chi connectivity index (χ1n) is 8.26. The van der Waals surface area contributed by atoms with Gasteiger partial charge in [-0.3, -0.25) is 4.79 Å². The zero-order chi connectivity index (χ0) is 16.7. The van der Waals surface area contributed by atoms with Gasteiger partial charge in [0, 0.05) is 18.7 Å². The minimum absolute atomic E-state index is 0. The van der Waals surface area contributed by atoms with Crippen molar-refractivity contribution in [3.8, 4) is 0 Å². The lowest BCUT2D eigenvalue weighted by atomic mass is 10.0. The largest absolute Gasteiger partial charge is 0.352 e. The summed E-state index contributed by atoms with van der Waals surface area (Å²) in [6.45, 7) is 5.58. The van der Waals surface area contributed by atoms with Crippen LogP contribution >= 0.6 is 12.4 Å². The monoisotopic (exact) mass is 346 g/mol. The molecule has 0 radical (unpaired) electrons. The Kier molecular flexibility index (Phi) is 8.51. The Morgan fingerprint density at radius 2 is 1.58 bits per heavy atom. The van der Waals surface area contributed by atoms with E-state index in [-0.39, 0.29) is 18.3 Å². The summed E-state index contributed by atoms with van der Waals surface area (Å²) in [6, 6.07) is 16.2. The quantitative estimate of drug-likeness (QED) is 0.743. The normalized spacial score (nSPS) is 10.3. The van der Waals surface area contributed by atoms with Gasteiger partial charge in [0.2, 0.25) is 0 Å². The van der Waals surface area contributed by atoms with E-state index in [0.717, 1.165) is 18.4 Å².